The predicted octanol–water partition coefficient (Wildman–Crippen LogP) is 5.20. The summed E-state index contributed by atoms with van der Waals surface area (Å²) in [5, 5.41) is 6.61. The van der Waals surface area contributed by atoms with E-state index in [0.29, 0.717) is 12.3 Å². The molecule has 0 saturated carbocycles. The Labute approximate surface area is 161 Å². The van der Waals surface area contributed by atoms with Crippen LogP contribution in [0.25, 0.3) is 0 Å². The Morgan fingerprint density at radius 1 is 1.11 bits per heavy atom. The predicted molar refractivity (Wildman–Crippen MR) is 105 cm³/mol. The summed E-state index contributed by atoms with van der Waals surface area (Å²) in [6, 6.07) is 12.5. The summed E-state index contributed by atoms with van der Waals surface area (Å²) in [5.74, 6) is 0.766. The first-order valence-corrected chi connectivity index (χ1v) is 8.73. The molecule has 4 nitrogen and oxygen atoms in total. The number of para-hydroxylation sites is 1. The first kappa shape index (κ1) is 20.7. The molecule has 0 bridgehead atoms. The maximum absolute atomic E-state index is 13.0. The van der Waals surface area contributed by atoms with Crippen LogP contribution in [0.3, 0.4) is 0 Å². The van der Waals surface area contributed by atoms with Crippen molar-refractivity contribution in [1.29, 1.82) is 0 Å². The van der Waals surface area contributed by atoms with E-state index in [2.05, 4.69) is 15.8 Å². The van der Waals surface area contributed by atoms with Gasteiger partial charge in [-0.25, -0.2) is 0 Å². The molecule has 144 valence electrons. The number of halogens is 3. The zero-order chi connectivity index (χ0) is 19.9. The number of anilines is 1. The molecule has 0 fully saturated rings. The molecule has 8 heteroatoms. The molecule has 2 aromatic carbocycles. The lowest BCUT2D eigenvalue weighted by molar-refractivity contribution is -0.136. The summed E-state index contributed by atoms with van der Waals surface area (Å²) in [6.45, 7) is 4.44. The number of thiocarbonyl (C=S) groups is 1. The lowest BCUT2D eigenvalue weighted by Crippen LogP contribution is -2.26. The smallest absolute Gasteiger partial charge is 0.418 e. The summed E-state index contributed by atoms with van der Waals surface area (Å²) >= 11 is 5.04. The van der Waals surface area contributed by atoms with Gasteiger partial charge in [0.05, 0.1) is 23.6 Å². The Morgan fingerprint density at radius 3 is 2.41 bits per heavy atom. The topological polar surface area (TPSA) is 45.6 Å². The van der Waals surface area contributed by atoms with Crippen molar-refractivity contribution in [3.05, 3.63) is 59.7 Å². The van der Waals surface area contributed by atoms with Crippen LogP contribution < -0.4 is 15.5 Å². The molecule has 0 amide bonds. The van der Waals surface area contributed by atoms with Crippen LogP contribution in [-0.4, -0.2) is 17.4 Å². The average Bonchev–Trinajstić information content (AvgIpc) is 2.64. The van der Waals surface area contributed by atoms with E-state index >= 15 is 0 Å². The Hall–Kier alpha value is -2.61. The minimum Gasteiger partial charge on any atom is -0.494 e. The minimum atomic E-state index is -4.47. The molecule has 0 aromatic heterocycles. The van der Waals surface area contributed by atoms with Gasteiger partial charge in [-0.2, -0.15) is 18.3 Å². The number of hydrazone groups is 1. The molecule has 0 unspecified atom stereocenters. The highest BCUT2D eigenvalue weighted by Crippen LogP contribution is 2.34. The maximum atomic E-state index is 13.0. The van der Waals surface area contributed by atoms with Crippen molar-refractivity contribution in [1.82, 2.24) is 5.43 Å². The Kier molecular flexibility index (Phi) is 7.18. The molecule has 2 rings (SSSR count). The molecule has 0 radical (unpaired) electrons. The fourth-order valence-electron chi connectivity index (χ4n) is 2.20. The maximum Gasteiger partial charge on any atom is 0.418 e. The Bertz CT molecular complexity index is 805. The molecular weight excluding hydrogens is 375 g/mol. The first-order valence-electron chi connectivity index (χ1n) is 8.32. The van der Waals surface area contributed by atoms with Crippen molar-refractivity contribution >= 4 is 28.7 Å². The molecule has 27 heavy (non-hydrogen) atoms. The van der Waals surface area contributed by atoms with Crippen molar-refractivity contribution in [2.45, 2.75) is 26.4 Å². The van der Waals surface area contributed by atoms with Gasteiger partial charge in [0.15, 0.2) is 5.11 Å². The van der Waals surface area contributed by atoms with Crippen LogP contribution in [0, 0.1) is 0 Å². The number of nitrogens with zero attached hydrogens (tertiary/aromatic N) is 1. The highest BCUT2D eigenvalue weighted by molar-refractivity contribution is 7.80. The van der Waals surface area contributed by atoms with Crippen LogP contribution in [0.1, 0.15) is 31.4 Å². The molecule has 0 spiro atoms. The largest absolute Gasteiger partial charge is 0.494 e. The SMILES string of the molecule is CCCOc1ccc(/C(C)=N\NC(=S)Nc2ccccc2C(F)(F)F)cc1. The van der Waals surface area contributed by atoms with Crippen LogP contribution in [0.5, 0.6) is 5.75 Å². The van der Waals surface area contributed by atoms with E-state index in [1.165, 1.54) is 18.2 Å². The number of nitrogens with one attached hydrogen (secondary N) is 2. The van der Waals surface area contributed by atoms with E-state index in [1.807, 2.05) is 31.2 Å². The zero-order valence-corrected chi connectivity index (χ0v) is 15.7. The normalized spacial score (nSPS) is 11.8. The number of benzene rings is 2. The second-order valence-electron chi connectivity index (χ2n) is 5.68. The van der Waals surface area contributed by atoms with Crippen molar-refractivity contribution in [3.63, 3.8) is 0 Å². The van der Waals surface area contributed by atoms with Gasteiger partial charge in [-0.1, -0.05) is 19.1 Å². The third-order valence-electron chi connectivity index (χ3n) is 3.55. The molecule has 2 N–H and O–H groups in total. The van der Waals surface area contributed by atoms with Crippen molar-refractivity contribution in [2.75, 3.05) is 11.9 Å². The molecular formula is C19H20F3N3OS. The first-order chi connectivity index (χ1) is 12.8. The third kappa shape index (κ3) is 6.25. The standard InChI is InChI=1S/C19H20F3N3OS/c1-3-12-26-15-10-8-14(9-11-15)13(2)24-25-18(27)23-17-7-5-4-6-16(17)19(20,21)22/h4-11H,3,12H2,1-2H3,(H2,23,25,27)/b24-13-. The Morgan fingerprint density at radius 2 is 1.78 bits per heavy atom. The number of alkyl halides is 3. The van der Waals surface area contributed by atoms with E-state index in [0.717, 1.165) is 23.8 Å². The van der Waals surface area contributed by atoms with E-state index < -0.39 is 11.7 Å². The molecule has 0 heterocycles. The van der Waals surface area contributed by atoms with Gasteiger partial charge in [-0.05, 0) is 67.5 Å². The van der Waals surface area contributed by atoms with Gasteiger partial charge in [0, 0.05) is 0 Å². The van der Waals surface area contributed by atoms with Crippen LogP contribution in [0.2, 0.25) is 0 Å². The highest BCUT2D eigenvalue weighted by atomic mass is 32.1. The molecule has 0 saturated heterocycles. The zero-order valence-electron chi connectivity index (χ0n) is 14.9. The molecule has 0 aliphatic rings. The second-order valence-corrected chi connectivity index (χ2v) is 6.09. The third-order valence-corrected chi connectivity index (χ3v) is 3.74. The second kappa shape index (κ2) is 9.36. The minimum absolute atomic E-state index is 0.0334. The lowest BCUT2D eigenvalue weighted by Gasteiger charge is -2.14. The molecule has 0 aliphatic heterocycles. The number of hydrogen-bond donors (Lipinski definition) is 2. The Balaban J connectivity index is 2.00. The summed E-state index contributed by atoms with van der Waals surface area (Å²) in [7, 11) is 0. The van der Waals surface area contributed by atoms with Crippen molar-refractivity contribution in [2.24, 2.45) is 5.10 Å². The fourth-order valence-corrected chi connectivity index (χ4v) is 2.36. The van der Waals surface area contributed by atoms with Crippen LogP contribution >= 0.6 is 12.2 Å². The summed E-state index contributed by atoms with van der Waals surface area (Å²) in [4.78, 5) is 0. The average molecular weight is 395 g/mol. The molecule has 0 aliphatic carbocycles. The van der Waals surface area contributed by atoms with Gasteiger partial charge in [0.2, 0.25) is 0 Å². The van der Waals surface area contributed by atoms with Crippen LogP contribution in [0.4, 0.5) is 18.9 Å². The highest BCUT2D eigenvalue weighted by Gasteiger charge is 2.33. The van der Waals surface area contributed by atoms with E-state index in [4.69, 9.17) is 17.0 Å². The number of ether oxygens (including phenoxy) is 1. The van der Waals surface area contributed by atoms with Gasteiger partial charge in [-0.3, -0.25) is 5.43 Å². The van der Waals surface area contributed by atoms with E-state index in [1.54, 1.807) is 6.92 Å². The van der Waals surface area contributed by atoms with E-state index in [9.17, 15) is 13.2 Å². The van der Waals surface area contributed by atoms with Crippen LogP contribution in [-0.2, 0) is 6.18 Å². The van der Waals surface area contributed by atoms with Crippen molar-refractivity contribution in [3.8, 4) is 5.75 Å². The number of rotatable bonds is 6. The molecule has 2 aromatic rings. The van der Waals surface area contributed by atoms with E-state index in [-0.39, 0.29) is 10.8 Å². The fraction of sp³-hybridized carbons (Fsp3) is 0.263. The van der Waals surface area contributed by atoms with Gasteiger partial charge in [-0.15, -0.1) is 0 Å². The van der Waals surface area contributed by atoms with Gasteiger partial charge in [0.1, 0.15) is 5.75 Å². The summed E-state index contributed by atoms with van der Waals surface area (Å²) in [6.07, 6.45) is -3.55. The summed E-state index contributed by atoms with van der Waals surface area (Å²) < 4.78 is 44.5. The molecule has 0 atom stereocenters. The summed E-state index contributed by atoms with van der Waals surface area (Å²) in [5.41, 5.74) is 3.11. The lowest BCUT2D eigenvalue weighted by atomic mass is 10.1. The van der Waals surface area contributed by atoms with Crippen molar-refractivity contribution < 1.29 is 17.9 Å². The van der Waals surface area contributed by atoms with Gasteiger partial charge >= 0.3 is 6.18 Å². The quantitative estimate of drug-likeness (QED) is 0.401. The number of hydrogen-bond acceptors (Lipinski definition) is 3. The van der Waals surface area contributed by atoms with Crippen LogP contribution in [0.15, 0.2) is 53.6 Å². The van der Waals surface area contributed by atoms with Gasteiger partial charge < -0.3 is 10.1 Å². The van der Waals surface area contributed by atoms with Gasteiger partial charge in [0.25, 0.3) is 0 Å². The monoisotopic (exact) mass is 395 g/mol.